The fraction of sp³-hybridized carbons (Fsp3) is 0.163. The third kappa shape index (κ3) is 52.9. The van der Waals surface area contributed by atoms with Gasteiger partial charge < -0.3 is 138 Å². The van der Waals surface area contributed by atoms with Gasteiger partial charge in [0.25, 0.3) is 0 Å². The van der Waals surface area contributed by atoms with Gasteiger partial charge in [0, 0.05) is 163 Å². The topological polar surface area (TPSA) is 784 Å². The zero-order valence-corrected chi connectivity index (χ0v) is 85.4. The fourth-order valence-corrected chi connectivity index (χ4v) is 10.0. The molecule has 140 heavy (non-hydrogen) atoms. The van der Waals surface area contributed by atoms with Crippen molar-refractivity contribution in [3.05, 3.63) is 264 Å². The standard InChI is InChI=1S/C12H18ClN5.3C10H14ClN5.4C9H12ClN5.C8H10ClN5/c1-8(2)16-11(14)17-12(15)18(3)10-6-4-9(13)5-7-10;1-16(2)10(13)15-9(12)14-8-5-3-7(11)4-6-8;1-15(10(14)16(2)9(12)13)8-5-3-7(11)4-6-8;1-14-10(15-9(12)13)16(2)8-5-3-7(11)4-6-8;1-13-8(11)15-9(12)14-7-4-2-6(10)3-5-7;1-15(9(13)14-8(11)12)7-4-2-6(10)3-5-7;1-15(8(11)12)9(13)14-7-4-2-6(10)3-5-7;1-13-9(15-8(11)12)14-7-4-2-6(10)3-5-7;9-5-1-3-6(4-2-5)13-8(12)14-7(10)11/h4-8H,1-3H3,(H4,14,15,16,17);3-6H,1-2H3,(H4,12,13,14,15);3-6,14H,1-2H3,(H3,12,13);3-6H,1-2H3,(H4,12,13,14,15);2-5H,1H3,(H5,11,12,13,14,15);2-5H,1H3,(H5,11,12,13,14);2-5H,1H3,(H3,11,12)(H2,13,14);2-5H,1H3,(H5,11,12,13,14,15);1-4H,(H6,10,11,12,13,14). The molecule has 0 fully saturated rings. The van der Waals surface area contributed by atoms with Crippen molar-refractivity contribution in [1.29, 1.82) is 21.6 Å². The second-order valence-corrected chi connectivity index (χ2v) is 31.4. The highest BCUT2D eigenvalue weighted by Gasteiger charge is 2.15. The van der Waals surface area contributed by atoms with Gasteiger partial charge in [-0.25, -0.2) is 20.0 Å². The normalized spacial score (nSPS) is 11.3. The van der Waals surface area contributed by atoms with Crippen molar-refractivity contribution in [2.75, 3.05) is 108 Å². The minimum absolute atomic E-state index is 0.00678. The number of hydrogen-bond acceptors (Lipinski definition) is 11. The van der Waals surface area contributed by atoms with Gasteiger partial charge in [-0.3, -0.25) is 46.4 Å². The number of nitrogens with two attached hydrogens (primary N) is 18. The summed E-state index contributed by atoms with van der Waals surface area (Å²) in [7, 11) is 18.5. The van der Waals surface area contributed by atoms with Gasteiger partial charge in [0.15, 0.2) is 41.7 Å². The van der Waals surface area contributed by atoms with Crippen LogP contribution in [0.5, 0.6) is 0 Å². The van der Waals surface area contributed by atoms with Gasteiger partial charge in [0.2, 0.25) is 65.6 Å². The van der Waals surface area contributed by atoms with Gasteiger partial charge >= 0.3 is 0 Å². The molecule has 9 aromatic carbocycles. The summed E-state index contributed by atoms with van der Waals surface area (Å²) in [4.78, 5) is 65.1. The third-order valence-corrected chi connectivity index (χ3v) is 18.3. The smallest absolute Gasteiger partial charge is 0.227 e. The maximum absolute atomic E-state index is 7.82. The highest BCUT2D eigenvalue weighted by molar-refractivity contribution is 6.33. The summed E-state index contributed by atoms with van der Waals surface area (Å²) < 4.78 is 0. The molecule has 42 N–H and O–H groups in total. The van der Waals surface area contributed by atoms with Crippen molar-refractivity contribution >= 4 is 263 Å². The molecule has 0 aliphatic rings. The summed E-state index contributed by atoms with van der Waals surface area (Å²) in [5.74, 6) is 1.51. The Balaban J connectivity index is 0.000000788. The van der Waals surface area contributed by atoms with Crippen LogP contribution < -0.4 is 133 Å². The Hall–Kier alpha value is -15.8. The largest absolute Gasteiger partial charge is 0.370 e. The number of nitrogens with zero attached hydrogens (tertiary/aromatic N) is 21. The average molecular weight is 2100 g/mol. The van der Waals surface area contributed by atoms with Crippen LogP contribution in [-0.2, 0) is 0 Å². The Morgan fingerprint density at radius 1 is 0.286 bits per heavy atom. The van der Waals surface area contributed by atoms with E-state index < -0.39 is 0 Å². The number of rotatable bonds is 10. The first kappa shape index (κ1) is 122. The third-order valence-electron chi connectivity index (χ3n) is 16.1. The van der Waals surface area contributed by atoms with E-state index in [9.17, 15) is 0 Å². The molecule has 0 saturated carbocycles. The number of halogens is 9. The molecule has 750 valence electrons. The van der Waals surface area contributed by atoms with Gasteiger partial charge in [-0.05, 0) is 232 Å². The summed E-state index contributed by atoms with van der Waals surface area (Å²) in [6.07, 6.45) is 0. The molecule has 0 heterocycles. The molecule has 0 radical (unpaired) electrons. The van der Waals surface area contributed by atoms with Crippen LogP contribution in [0.3, 0.4) is 0 Å². The van der Waals surface area contributed by atoms with Crippen molar-refractivity contribution in [2.45, 2.75) is 19.9 Å². The van der Waals surface area contributed by atoms with E-state index in [1.165, 1.54) is 21.7 Å². The van der Waals surface area contributed by atoms with Crippen molar-refractivity contribution in [3.8, 4) is 0 Å². The molecule has 0 aliphatic heterocycles. The summed E-state index contributed by atoms with van der Waals surface area (Å²) in [5, 5.41) is 41.4. The van der Waals surface area contributed by atoms with E-state index in [0.717, 1.165) is 34.1 Å². The van der Waals surface area contributed by atoms with Crippen molar-refractivity contribution in [2.24, 2.45) is 173 Å². The zero-order chi connectivity index (χ0) is 106. The maximum Gasteiger partial charge on any atom is 0.227 e. The first-order valence-electron chi connectivity index (χ1n) is 39.9. The van der Waals surface area contributed by atoms with Crippen LogP contribution in [0, 0.1) is 21.6 Å². The molecular formula is C86H118Cl9N45. The Kier molecular flexibility index (Phi) is 56.8. The molecule has 54 heteroatoms. The van der Waals surface area contributed by atoms with Crippen LogP contribution in [0.25, 0.3) is 0 Å². The summed E-state index contributed by atoms with van der Waals surface area (Å²) in [5.41, 5.74) is 104. The molecule has 0 bridgehead atoms. The van der Waals surface area contributed by atoms with Gasteiger partial charge in [0.1, 0.15) is 0 Å². The van der Waals surface area contributed by atoms with Crippen molar-refractivity contribution in [3.63, 3.8) is 0 Å². The lowest BCUT2D eigenvalue weighted by molar-refractivity contribution is 0.615. The number of anilines is 6. The van der Waals surface area contributed by atoms with Crippen molar-refractivity contribution < 1.29 is 0 Å². The van der Waals surface area contributed by atoms with Gasteiger partial charge in [0.05, 0.1) is 17.1 Å². The zero-order valence-electron chi connectivity index (χ0n) is 78.5. The molecule has 45 nitrogen and oxygen atoms in total. The Morgan fingerprint density at radius 3 is 0.914 bits per heavy atom. The Morgan fingerprint density at radius 2 is 0.593 bits per heavy atom. The Labute approximate surface area is 857 Å². The van der Waals surface area contributed by atoms with E-state index in [0.29, 0.717) is 80.1 Å². The fourth-order valence-electron chi connectivity index (χ4n) is 8.91. The van der Waals surface area contributed by atoms with Crippen molar-refractivity contribution in [1.82, 2.24) is 14.7 Å². The highest BCUT2D eigenvalue weighted by atomic mass is 35.5. The molecule has 9 aromatic rings. The predicted molar refractivity (Wildman–Crippen MR) is 595 cm³/mol. The second-order valence-electron chi connectivity index (χ2n) is 27.5. The van der Waals surface area contributed by atoms with Crippen LogP contribution >= 0.6 is 104 Å². The van der Waals surface area contributed by atoms with Crippen LogP contribution in [-0.4, -0.2) is 206 Å². The highest BCUT2D eigenvalue weighted by Crippen LogP contribution is 2.24. The van der Waals surface area contributed by atoms with Crippen LogP contribution in [0.2, 0.25) is 45.2 Å². The van der Waals surface area contributed by atoms with E-state index in [1.54, 1.807) is 277 Å². The average Bonchev–Trinajstić information content (AvgIpc) is 0.819. The SMILES string of the molecule is CC(C)N=C(N)N=C(N)N(C)c1ccc(Cl)cc1.CN(C(=N)N)C(=N)N(C)c1ccc(Cl)cc1.CN(C(=N)N)C(N)=Nc1ccc(Cl)cc1.CN(C(=N)N=C(N)N)c1ccc(Cl)cc1.CN(C)C(N)=NC(N)=Nc1ccc(Cl)cc1.CN=C(N)N=C(N)Nc1ccc(Cl)cc1.CN=C(N=C(N)N)N(C)c1ccc(Cl)cc1.CN=C(N=C(N)N)Nc1ccc(Cl)cc1.NC(N)=NC(N)=Nc1ccc(Cl)cc1. The van der Waals surface area contributed by atoms with E-state index in [-0.39, 0.29) is 95.4 Å². The second kappa shape index (κ2) is 65.1. The van der Waals surface area contributed by atoms with E-state index in [4.69, 9.17) is 229 Å². The Bertz CT molecular complexity index is 5820. The molecule has 9 rings (SSSR count). The quantitative estimate of drug-likeness (QED) is 0.0447. The summed E-state index contributed by atoms with van der Waals surface area (Å²) in [6, 6.07) is 63.5. The predicted octanol–water partition coefficient (Wildman–Crippen LogP) is 10.2. The van der Waals surface area contributed by atoms with Crippen LogP contribution in [0.15, 0.2) is 288 Å². The first-order valence-corrected chi connectivity index (χ1v) is 43.3. The molecule has 0 atom stereocenters. The van der Waals surface area contributed by atoms with Crippen LogP contribution in [0.4, 0.5) is 51.2 Å². The maximum atomic E-state index is 7.82. The van der Waals surface area contributed by atoms with E-state index >= 15 is 0 Å². The van der Waals surface area contributed by atoms with Gasteiger partial charge in [-0.15, -0.1) is 0 Å². The minimum Gasteiger partial charge on any atom is -0.370 e. The first-order chi connectivity index (χ1) is 65.7. The lowest BCUT2D eigenvalue weighted by Crippen LogP contribution is -2.45. The van der Waals surface area contributed by atoms with Gasteiger partial charge in [-0.2, -0.15) is 34.9 Å². The summed E-state index contributed by atoms with van der Waals surface area (Å²) >= 11 is 51.7. The number of benzene rings is 9. The molecular weight excluding hydrogens is 1980 g/mol. The molecule has 0 spiro atoms. The lowest BCUT2D eigenvalue weighted by atomic mass is 10.3. The minimum atomic E-state index is -0.175. The lowest BCUT2D eigenvalue weighted by Gasteiger charge is -2.26. The molecule has 0 aromatic heterocycles. The van der Waals surface area contributed by atoms with E-state index in [1.807, 2.05) is 45.2 Å². The molecule has 0 saturated heterocycles. The number of guanidine groups is 18. The number of hydrogen-bond donors (Lipinski definition) is 24. The van der Waals surface area contributed by atoms with Gasteiger partial charge in [-0.1, -0.05) is 104 Å². The molecule has 0 amide bonds. The van der Waals surface area contributed by atoms with E-state index in [2.05, 4.69) is 80.5 Å². The monoisotopic (exact) mass is 2100 g/mol. The number of nitrogens with one attached hydrogen (secondary N) is 6. The number of aliphatic imine (C=N–C) groups is 14. The summed E-state index contributed by atoms with van der Waals surface area (Å²) in [6.45, 7) is 3.84. The molecule has 0 unspecified atom stereocenters. The molecule has 0 aliphatic carbocycles. The van der Waals surface area contributed by atoms with Crippen LogP contribution in [0.1, 0.15) is 13.8 Å².